The molecule has 0 nitrogen and oxygen atoms in total. The Bertz CT molecular complexity index is 739. The molecule has 0 spiro atoms. The van der Waals surface area contributed by atoms with Crippen molar-refractivity contribution in [1.29, 1.82) is 0 Å². The van der Waals surface area contributed by atoms with Crippen molar-refractivity contribution in [3.05, 3.63) is 62.5 Å². The van der Waals surface area contributed by atoms with Crippen LogP contribution in [0.4, 0.5) is 0 Å². The van der Waals surface area contributed by atoms with Gasteiger partial charge in [-0.2, -0.15) is 0 Å². The first kappa shape index (κ1) is 14.8. The number of hydrogen-bond donors (Lipinski definition) is 0. The Morgan fingerprint density at radius 1 is 1.09 bits per heavy atom. The molecule has 1 unspecified atom stereocenters. The van der Waals surface area contributed by atoms with Crippen LogP contribution in [-0.2, 0) is 21.3 Å². The van der Waals surface area contributed by atoms with Crippen molar-refractivity contribution in [3.63, 3.8) is 0 Å². The summed E-state index contributed by atoms with van der Waals surface area (Å²) in [6.07, 6.45) is 13.8. The molecule has 3 aliphatic rings. The Kier molecular flexibility index (Phi) is 4.03. The van der Waals surface area contributed by atoms with Gasteiger partial charge in [-0.25, -0.2) is 0 Å². The van der Waals surface area contributed by atoms with Crippen LogP contribution in [0.25, 0.3) is 5.57 Å². The van der Waals surface area contributed by atoms with Crippen molar-refractivity contribution in [3.8, 4) is 0 Å². The maximum absolute atomic E-state index is 2.45. The molecule has 4 rings (SSSR count). The van der Waals surface area contributed by atoms with Gasteiger partial charge in [0.2, 0.25) is 0 Å². The fourth-order valence-corrected chi connectivity index (χ4v) is 13.0. The zero-order valence-corrected chi connectivity index (χ0v) is 16.1. The molecule has 0 bridgehead atoms. The fraction of sp³-hybridized carbons (Fsp3) is 0.381. The predicted molar refractivity (Wildman–Crippen MR) is 92.8 cm³/mol. The van der Waals surface area contributed by atoms with E-state index in [9.17, 15) is 0 Å². The van der Waals surface area contributed by atoms with Crippen molar-refractivity contribution >= 4 is 8.78 Å². The van der Waals surface area contributed by atoms with E-state index in [2.05, 4.69) is 56.3 Å². The van der Waals surface area contributed by atoms with Crippen molar-refractivity contribution < 1.29 is 21.3 Å². The van der Waals surface area contributed by atoms with Gasteiger partial charge in [-0.15, -0.1) is 0 Å². The first-order valence-corrected chi connectivity index (χ1v) is 12.5. The molecule has 112 valence electrons. The van der Waals surface area contributed by atoms with E-state index in [0.717, 1.165) is 3.63 Å². The van der Waals surface area contributed by atoms with Gasteiger partial charge >= 0.3 is 142 Å². The summed E-state index contributed by atoms with van der Waals surface area (Å²) in [5.74, 6) is 0. The third-order valence-electron chi connectivity index (χ3n) is 5.40. The summed E-state index contributed by atoms with van der Waals surface area (Å²) in [4.78, 5) is 0. The summed E-state index contributed by atoms with van der Waals surface area (Å²) in [7, 11) is 0. The Morgan fingerprint density at radius 2 is 1.91 bits per heavy atom. The van der Waals surface area contributed by atoms with Crippen LogP contribution in [0.1, 0.15) is 60.7 Å². The molecule has 3 aliphatic carbocycles. The third kappa shape index (κ3) is 2.33. The molecule has 0 saturated heterocycles. The summed E-state index contributed by atoms with van der Waals surface area (Å²) >= 11 is -1.78. The molecule has 0 amide bonds. The predicted octanol–water partition coefficient (Wildman–Crippen LogP) is 5.74. The number of benzene rings is 1. The molecule has 0 fully saturated rings. The molecular weight excluding hydrogens is 343 g/mol. The Balaban J connectivity index is 1.90. The fourth-order valence-electron chi connectivity index (χ4n) is 4.54. The van der Waals surface area contributed by atoms with E-state index < -0.39 is 21.3 Å². The van der Waals surface area contributed by atoms with Crippen LogP contribution < -0.4 is 0 Å². The van der Waals surface area contributed by atoms with E-state index in [1.54, 1.807) is 23.2 Å². The topological polar surface area (TPSA) is 0 Å². The maximum atomic E-state index is 2.45. The van der Waals surface area contributed by atoms with Crippen LogP contribution >= 0.6 is 0 Å². The quantitative estimate of drug-likeness (QED) is 0.625. The molecule has 1 aromatic carbocycles. The molecule has 22 heavy (non-hydrogen) atoms. The first-order valence-electron chi connectivity index (χ1n) is 8.62. The van der Waals surface area contributed by atoms with E-state index in [-0.39, 0.29) is 0 Å². The van der Waals surface area contributed by atoms with E-state index in [1.165, 1.54) is 32.1 Å². The molecule has 0 aromatic heterocycles. The van der Waals surface area contributed by atoms with Gasteiger partial charge in [0.25, 0.3) is 0 Å². The summed E-state index contributed by atoms with van der Waals surface area (Å²) in [6, 6.07) is 9.33. The van der Waals surface area contributed by atoms with Gasteiger partial charge in [-0.05, 0) is 0 Å². The van der Waals surface area contributed by atoms with E-state index in [0.29, 0.717) is 0 Å². The van der Waals surface area contributed by atoms with Crippen LogP contribution in [-0.4, -0.2) is 3.21 Å². The molecule has 0 heterocycles. The number of fused-ring (bicyclic) bond motifs is 2. The minimum absolute atomic E-state index is 0.796. The summed E-state index contributed by atoms with van der Waals surface area (Å²) in [6.45, 7) is 4.83. The number of rotatable bonds is 2. The van der Waals surface area contributed by atoms with Gasteiger partial charge in [-0.1, -0.05) is 0 Å². The molecule has 0 saturated carbocycles. The Morgan fingerprint density at radius 3 is 2.68 bits per heavy atom. The van der Waals surface area contributed by atoms with Gasteiger partial charge in [0.1, 0.15) is 0 Å². The SMILES string of the molecule is C[C](C)=[Zr]([C]1=CC=CC1)[CH]1C2=C(CCCC2)c2ccccc21. The number of hydrogen-bond acceptors (Lipinski definition) is 0. The number of allylic oxidation sites excluding steroid dienone is 6. The first-order chi connectivity index (χ1) is 10.8. The molecule has 1 heteroatoms. The average Bonchev–Trinajstić information content (AvgIpc) is 3.16. The van der Waals surface area contributed by atoms with Gasteiger partial charge in [0, 0.05) is 0 Å². The van der Waals surface area contributed by atoms with Crippen LogP contribution in [0.15, 0.2) is 51.3 Å². The van der Waals surface area contributed by atoms with E-state index >= 15 is 0 Å². The second kappa shape index (κ2) is 6.01. The normalized spacial score (nSPS) is 22.5. The molecular formula is C21H24Zr. The van der Waals surface area contributed by atoms with Crippen LogP contribution in [0.5, 0.6) is 0 Å². The van der Waals surface area contributed by atoms with Crippen LogP contribution in [0, 0.1) is 0 Å². The third-order valence-corrected chi connectivity index (χ3v) is 13.7. The minimum atomic E-state index is -1.78. The van der Waals surface area contributed by atoms with Gasteiger partial charge in [-0.3, -0.25) is 0 Å². The summed E-state index contributed by atoms with van der Waals surface area (Å²) in [5.41, 5.74) is 6.86. The van der Waals surface area contributed by atoms with Crippen LogP contribution in [0.3, 0.4) is 0 Å². The zero-order chi connectivity index (χ0) is 15.1. The van der Waals surface area contributed by atoms with E-state index in [4.69, 9.17) is 0 Å². The van der Waals surface area contributed by atoms with Crippen molar-refractivity contribution in [2.75, 3.05) is 0 Å². The average molecular weight is 368 g/mol. The van der Waals surface area contributed by atoms with Crippen molar-refractivity contribution in [2.45, 2.75) is 49.6 Å². The second-order valence-electron chi connectivity index (χ2n) is 6.97. The van der Waals surface area contributed by atoms with Gasteiger partial charge in [0.05, 0.1) is 0 Å². The molecule has 1 aromatic rings. The Hall–Kier alpha value is -0.807. The van der Waals surface area contributed by atoms with Crippen LogP contribution in [0.2, 0.25) is 0 Å². The zero-order valence-electron chi connectivity index (χ0n) is 13.7. The molecule has 0 N–H and O–H groups in total. The molecule has 0 aliphatic heterocycles. The van der Waals surface area contributed by atoms with E-state index in [1.807, 2.05) is 5.57 Å². The van der Waals surface area contributed by atoms with Crippen molar-refractivity contribution in [2.24, 2.45) is 0 Å². The Labute approximate surface area is 141 Å². The van der Waals surface area contributed by atoms with Gasteiger partial charge < -0.3 is 0 Å². The molecule has 1 atom stereocenters. The molecule has 0 radical (unpaired) electrons. The second-order valence-corrected chi connectivity index (χ2v) is 14.5. The summed E-state index contributed by atoms with van der Waals surface area (Å²) in [5, 5.41) is 0. The van der Waals surface area contributed by atoms with Gasteiger partial charge in [0.15, 0.2) is 0 Å². The summed E-state index contributed by atoms with van der Waals surface area (Å²) < 4.78 is 4.36. The monoisotopic (exact) mass is 366 g/mol. The standard InChI is InChI=1S/C13H13.C5H5.C3H6.Zr/c1-3-7-12-10(5-1)9-11-6-2-4-8-13(11)12;1-2-4-5-3-1;1-3-2;/h1,3,5,7,9H,2,4,6,8H2;1-3H,4H2;1-2H3;. The van der Waals surface area contributed by atoms with Crippen molar-refractivity contribution in [1.82, 2.24) is 0 Å².